The number of terminal acetylenes is 2. The summed E-state index contributed by atoms with van der Waals surface area (Å²) in [6.45, 7) is 10.2. The molecule has 9 heteroatoms. The van der Waals surface area contributed by atoms with Crippen molar-refractivity contribution in [1.29, 1.82) is 0 Å². The maximum atomic E-state index is 12.1. The zero-order chi connectivity index (χ0) is 25.7. The van der Waals surface area contributed by atoms with Gasteiger partial charge in [0.15, 0.2) is 0 Å². The first-order valence-corrected chi connectivity index (χ1v) is 11.8. The molecule has 0 amide bonds. The molecule has 0 aliphatic rings. The Hall–Kier alpha value is -2.47. The Balaban J connectivity index is 0.000000770. The normalized spacial score (nSPS) is 12.4. The summed E-state index contributed by atoms with van der Waals surface area (Å²) in [5, 5.41) is 8.76. The second kappa shape index (κ2) is 20.0. The van der Waals surface area contributed by atoms with Crippen molar-refractivity contribution >= 4 is 10.1 Å². The summed E-state index contributed by atoms with van der Waals surface area (Å²) >= 11 is 0. The average molecular weight is 495 g/mol. The molecule has 0 aromatic heterocycles. The van der Waals surface area contributed by atoms with Crippen molar-refractivity contribution in [2.24, 2.45) is 0 Å². The van der Waals surface area contributed by atoms with Crippen molar-refractivity contribution < 1.29 is 36.7 Å². The molecule has 34 heavy (non-hydrogen) atoms. The Labute approximate surface area is 203 Å². The SMILES string of the molecule is C#CCOC[C@H](CO)OCC=C.C#CCOC[C@H](COS(=O)(=O)c1ccc(C)cc1)OCC=C. The molecule has 2 atom stereocenters. The van der Waals surface area contributed by atoms with E-state index in [2.05, 4.69) is 25.0 Å². The summed E-state index contributed by atoms with van der Waals surface area (Å²) in [6, 6.07) is 6.41. The number of ether oxygens (including phenoxy) is 4. The third-order valence-electron chi connectivity index (χ3n) is 3.80. The van der Waals surface area contributed by atoms with Gasteiger partial charge in [0.1, 0.15) is 25.4 Å². The molecule has 1 aromatic rings. The number of aliphatic hydroxyl groups excluding tert-OH is 1. The zero-order valence-electron chi connectivity index (χ0n) is 19.6. The number of hydrogen-bond donors (Lipinski definition) is 1. The summed E-state index contributed by atoms with van der Waals surface area (Å²) in [6.07, 6.45) is 12.4. The fraction of sp³-hybridized carbons (Fsp3) is 0.440. The van der Waals surface area contributed by atoms with Crippen molar-refractivity contribution in [2.75, 3.05) is 52.9 Å². The number of hydrogen-bond acceptors (Lipinski definition) is 8. The van der Waals surface area contributed by atoms with Crippen LogP contribution in [-0.2, 0) is 33.2 Å². The summed E-state index contributed by atoms with van der Waals surface area (Å²) in [4.78, 5) is 0.102. The molecule has 188 valence electrons. The first-order valence-electron chi connectivity index (χ1n) is 10.4. The maximum absolute atomic E-state index is 12.1. The minimum absolute atomic E-state index is 0.0710. The lowest BCUT2D eigenvalue weighted by molar-refractivity contribution is -0.0259. The molecular formula is C25H34O8S. The number of rotatable bonds is 17. The van der Waals surface area contributed by atoms with Gasteiger partial charge in [-0.15, -0.1) is 26.0 Å². The third kappa shape index (κ3) is 15.4. The van der Waals surface area contributed by atoms with Gasteiger partial charge in [-0.3, -0.25) is 4.18 Å². The largest absolute Gasteiger partial charge is 0.394 e. The Morgan fingerprint density at radius 3 is 1.91 bits per heavy atom. The molecular weight excluding hydrogens is 460 g/mol. The van der Waals surface area contributed by atoms with Gasteiger partial charge in [0.05, 0.1) is 44.5 Å². The van der Waals surface area contributed by atoms with Crippen LogP contribution < -0.4 is 0 Å². The zero-order valence-corrected chi connectivity index (χ0v) is 20.4. The standard InChI is InChI=1S/C16H20O5S.C9H14O3/c1-4-10-19-12-15(20-11-5-2)13-21-22(17,18)16-8-6-14(3)7-9-16;1-3-5-11-8-9(7-10)12-6-4-2/h1,5-9,15H,2,10-13H2,3H3;1,4,9-10H,2,5-8H2/t15-;9-/m10/s1. The van der Waals surface area contributed by atoms with E-state index in [1.165, 1.54) is 12.1 Å². The van der Waals surface area contributed by atoms with E-state index in [0.29, 0.717) is 13.2 Å². The van der Waals surface area contributed by atoms with Crippen molar-refractivity contribution in [3.8, 4) is 24.7 Å². The van der Waals surface area contributed by atoms with Gasteiger partial charge >= 0.3 is 0 Å². The monoisotopic (exact) mass is 494 g/mol. The van der Waals surface area contributed by atoms with Crippen molar-refractivity contribution in [3.05, 3.63) is 55.1 Å². The molecule has 0 aliphatic heterocycles. The van der Waals surface area contributed by atoms with Crippen LogP contribution in [0.25, 0.3) is 0 Å². The smallest absolute Gasteiger partial charge is 0.297 e. The highest BCUT2D eigenvalue weighted by molar-refractivity contribution is 7.86. The lowest BCUT2D eigenvalue weighted by Crippen LogP contribution is -2.27. The highest BCUT2D eigenvalue weighted by Gasteiger charge is 2.19. The minimum atomic E-state index is -3.83. The maximum Gasteiger partial charge on any atom is 0.297 e. The summed E-state index contributed by atoms with van der Waals surface area (Å²) in [5.74, 6) is 4.65. The van der Waals surface area contributed by atoms with Gasteiger partial charge in [-0.25, -0.2) is 0 Å². The molecule has 0 bridgehead atoms. The van der Waals surface area contributed by atoms with Crippen LogP contribution in [0.2, 0.25) is 0 Å². The number of aryl methyl sites for hydroxylation is 1. The fourth-order valence-electron chi connectivity index (χ4n) is 2.14. The Bertz CT molecular complexity index is 866. The van der Waals surface area contributed by atoms with Crippen LogP contribution in [-0.4, -0.2) is 78.6 Å². The summed E-state index contributed by atoms with van der Waals surface area (Å²) in [7, 11) is -3.83. The van der Waals surface area contributed by atoms with Crippen LogP contribution in [0.3, 0.4) is 0 Å². The molecule has 8 nitrogen and oxygen atoms in total. The van der Waals surface area contributed by atoms with Gasteiger partial charge in [-0.05, 0) is 19.1 Å². The van der Waals surface area contributed by atoms with E-state index >= 15 is 0 Å². The first kappa shape index (κ1) is 31.5. The van der Waals surface area contributed by atoms with E-state index in [1.807, 2.05) is 6.92 Å². The lowest BCUT2D eigenvalue weighted by Gasteiger charge is -2.16. The van der Waals surface area contributed by atoms with Crippen molar-refractivity contribution in [2.45, 2.75) is 24.0 Å². The minimum Gasteiger partial charge on any atom is -0.394 e. The summed E-state index contributed by atoms with van der Waals surface area (Å²) in [5.41, 5.74) is 0.967. The molecule has 0 heterocycles. The first-order chi connectivity index (χ1) is 16.3. The molecule has 0 aliphatic carbocycles. The van der Waals surface area contributed by atoms with E-state index in [9.17, 15) is 8.42 Å². The van der Waals surface area contributed by atoms with Crippen LogP contribution in [0.5, 0.6) is 0 Å². The molecule has 0 unspecified atom stereocenters. The molecule has 0 spiro atoms. The molecule has 0 radical (unpaired) electrons. The van der Waals surface area contributed by atoms with Crippen LogP contribution in [0.15, 0.2) is 54.5 Å². The van der Waals surface area contributed by atoms with Crippen LogP contribution in [0, 0.1) is 31.6 Å². The van der Waals surface area contributed by atoms with Gasteiger partial charge in [0.25, 0.3) is 10.1 Å². The van der Waals surface area contributed by atoms with E-state index in [4.69, 9.17) is 41.1 Å². The lowest BCUT2D eigenvalue weighted by atomic mass is 10.2. The van der Waals surface area contributed by atoms with Crippen molar-refractivity contribution in [3.63, 3.8) is 0 Å². The van der Waals surface area contributed by atoms with Crippen LogP contribution in [0.4, 0.5) is 0 Å². The van der Waals surface area contributed by atoms with Gasteiger partial charge in [-0.1, -0.05) is 41.7 Å². The van der Waals surface area contributed by atoms with Gasteiger partial charge in [-0.2, -0.15) is 8.42 Å². The molecule has 0 saturated heterocycles. The molecule has 0 fully saturated rings. The van der Waals surface area contributed by atoms with E-state index in [1.54, 1.807) is 24.3 Å². The topological polar surface area (TPSA) is 101 Å². The Morgan fingerprint density at radius 1 is 0.941 bits per heavy atom. The molecule has 1 N–H and O–H groups in total. The number of benzene rings is 1. The van der Waals surface area contributed by atoms with Gasteiger partial charge in [0, 0.05) is 0 Å². The van der Waals surface area contributed by atoms with Gasteiger partial charge in [0.2, 0.25) is 0 Å². The van der Waals surface area contributed by atoms with Crippen LogP contribution >= 0.6 is 0 Å². The second-order valence-corrected chi connectivity index (χ2v) is 8.28. The van der Waals surface area contributed by atoms with Gasteiger partial charge < -0.3 is 24.1 Å². The highest BCUT2D eigenvalue weighted by atomic mass is 32.2. The average Bonchev–Trinajstić information content (AvgIpc) is 2.83. The van der Waals surface area contributed by atoms with Crippen molar-refractivity contribution in [1.82, 2.24) is 0 Å². The third-order valence-corrected chi connectivity index (χ3v) is 5.10. The quantitative estimate of drug-likeness (QED) is 0.152. The fourth-order valence-corrected chi connectivity index (χ4v) is 3.08. The molecule has 1 rings (SSSR count). The summed E-state index contributed by atoms with van der Waals surface area (Å²) < 4.78 is 49.8. The Morgan fingerprint density at radius 2 is 1.44 bits per heavy atom. The van der Waals surface area contributed by atoms with E-state index in [-0.39, 0.29) is 50.6 Å². The predicted octanol–water partition coefficient (Wildman–Crippen LogP) is 2.12. The van der Waals surface area contributed by atoms with E-state index in [0.717, 1.165) is 5.56 Å². The Kier molecular flexibility index (Phi) is 18.5. The predicted molar refractivity (Wildman–Crippen MR) is 131 cm³/mol. The van der Waals surface area contributed by atoms with E-state index < -0.39 is 16.2 Å². The molecule has 1 aromatic carbocycles. The second-order valence-electron chi connectivity index (χ2n) is 6.66. The van der Waals surface area contributed by atoms with Crippen LogP contribution in [0.1, 0.15) is 5.56 Å². The number of aliphatic hydroxyl groups is 1. The molecule has 0 saturated carbocycles. The highest BCUT2D eigenvalue weighted by Crippen LogP contribution is 2.14.